The SMILES string of the molecule is CCNc1ccc(-c2ccc(C)o2)nn1. The molecule has 0 atom stereocenters. The number of rotatable bonds is 3. The lowest BCUT2D eigenvalue weighted by Gasteiger charge is -2.00. The van der Waals surface area contributed by atoms with E-state index in [1.165, 1.54) is 0 Å². The maximum atomic E-state index is 5.45. The summed E-state index contributed by atoms with van der Waals surface area (Å²) in [7, 11) is 0. The molecule has 0 aliphatic rings. The summed E-state index contributed by atoms with van der Waals surface area (Å²) in [6.07, 6.45) is 0. The van der Waals surface area contributed by atoms with Crippen LogP contribution in [0.2, 0.25) is 0 Å². The maximum absolute atomic E-state index is 5.45. The third-order valence-corrected chi connectivity index (χ3v) is 2.02. The topological polar surface area (TPSA) is 51.0 Å². The molecule has 0 aliphatic carbocycles. The fourth-order valence-corrected chi connectivity index (χ4v) is 1.31. The molecule has 2 aromatic rings. The zero-order valence-electron chi connectivity index (χ0n) is 8.82. The van der Waals surface area contributed by atoms with Gasteiger partial charge in [0.2, 0.25) is 0 Å². The molecule has 0 bridgehead atoms. The number of nitrogens with zero attached hydrogens (tertiary/aromatic N) is 2. The Morgan fingerprint density at radius 1 is 1.20 bits per heavy atom. The van der Waals surface area contributed by atoms with Gasteiger partial charge in [0.25, 0.3) is 0 Å². The minimum atomic E-state index is 0.753. The van der Waals surface area contributed by atoms with Gasteiger partial charge in [-0.3, -0.25) is 0 Å². The van der Waals surface area contributed by atoms with Gasteiger partial charge in [0.15, 0.2) is 5.76 Å². The Hall–Kier alpha value is -1.84. The maximum Gasteiger partial charge on any atom is 0.154 e. The predicted octanol–water partition coefficient (Wildman–Crippen LogP) is 2.48. The van der Waals surface area contributed by atoms with Gasteiger partial charge in [-0.25, -0.2) is 0 Å². The van der Waals surface area contributed by atoms with Crippen LogP contribution in [-0.2, 0) is 0 Å². The van der Waals surface area contributed by atoms with Gasteiger partial charge < -0.3 is 9.73 Å². The molecule has 1 N–H and O–H groups in total. The van der Waals surface area contributed by atoms with E-state index in [0.29, 0.717) is 0 Å². The van der Waals surface area contributed by atoms with Crippen molar-refractivity contribution in [2.75, 3.05) is 11.9 Å². The first-order valence-corrected chi connectivity index (χ1v) is 4.94. The van der Waals surface area contributed by atoms with Gasteiger partial charge >= 0.3 is 0 Å². The van der Waals surface area contributed by atoms with Crippen molar-refractivity contribution in [1.82, 2.24) is 10.2 Å². The van der Waals surface area contributed by atoms with Crippen LogP contribution in [0.3, 0.4) is 0 Å². The van der Waals surface area contributed by atoms with E-state index in [1.54, 1.807) is 0 Å². The first-order valence-electron chi connectivity index (χ1n) is 4.94. The van der Waals surface area contributed by atoms with E-state index in [4.69, 9.17) is 4.42 Å². The van der Waals surface area contributed by atoms with Gasteiger partial charge in [-0.15, -0.1) is 10.2 Å². The van der Waals surface area contributed by atoms with Crippen molar-refractivity contribution >= 4 is 5.82 Å². The van der Waals surface area contributed by atoms with Crippen molar-refractivity contribution < 1.29 is 4.42 Å². The Kier molecular flexibility index (Phi) is 2.67. The number of furan rings is 1. The molecule has 4 nitrogen and oxygen atoms in total. The number of hydrogen-bond donors (Lipinski definition) is 1. The summed E-state index contributed by atoms with van der Waals surface area (Å²) < 4.78 is 5.45. The second-order valence-corrected chi connectivity index (χ2v) is 3.24. The molecule has 0 unspecified atom stereocenters. The van der Waals surface area contributed by atoms with Gasteiger partial charge in [0, 0.05) is 6.54 Å². The Bertz CT molecular complexity index is 433. The molecule has 0 amide bonds. The van der Waals surface area contributed by atoms with Gasteiger partial charge in [-0.05, 0) is 38.1 Å². The fourth-order valence-electron chi connectivity index (χ4n) is 1.31. The minimum Gasteiger partial charge on any atom is -0.460 e. The zero-order chi connectivity index (χ0) is 10.7. The van der Waals surface area contributed by atoms with Crippen molar-refractivity contribution in [2.45, 2.75) is 13.8 Å². The second-order valence-electron chi connectivity index (χ2n) is 3.24. The first kappa shape index (κ1) is 9.71. The quantitative estimate of drug-likeness (QED) is 0.832. The third kappa shape index (κ3) is 2.15. The highest BCUT2D eigenvalue weighted by atomic mass is 16.3. The summed E-state index contributed by atoms with van der Waals surface area (Å²) in [5, 5.41) is 11.2. The van der Waals surface area contributed by atoms with Gasteiger partial charge in [-0.1, -0.05) is 0 Å². The first-order chi connectivity index (χ1) is 7.29. The molecule has 2 heterocycles. The number of hydrogen-bond acceptors (Lipinski definition) is 4. The van der Waals surface area contributed by atoms with Crippen molar-refractivity contribution in [3.05, 3.63) is 30.0 Å². The van der Waals surface area contributed by atoms with Crippen LogP contribution in [0.4, 0.5) is 5.82 Å². The minimum absolute atomic E-state index is 0.753. The molecule has 0 fully saturated rings. The van der Waals surface area contributed by atoms with Gasteiger partial charge in [0.1, 0.15) is 17.3 Å². The van der Waals surface area contributed by atoms with E-state index in [2.05, 4.69) is 15.5 Å². The molecule has 4 heteroatoms. The molecule has 0 saturated heterocycles. The molecular weight excluding hydrogens is 190 g/mol. The Balaban J connectivity index is 2.23. The van der Waals surface area contributed by atoms with E-state index in [1.807, 2.05) is 38.1 Å². The predicted molar refractivity (Wildman–Crippen MR) is 58.6 cm³/mol. The van der Waals surface area contributed by atoms with Crippen LogP contribution >= 0.6 is 0 Å². The molecule has 0 spiro atoms. The monoisotopic (exact) mass is 203 g/mol. The third-order valence-electron chi connectivity index (χ3n) is 2.02. The zero-order valence-corrected chi connectivity index (χ0v) is 8.82. The largest absolute Gasteiger partial charge is 0.460 e. The van der Waals surface area contributed by atoms with Crippen LogP contribution in [0.1, 0.15) is 12.7 Å². The van der Waals surface area contributed by atoms with Crippen LogP contribution in [0.5, 0.6) is 0 Å². The summed E-state index contributed by atoms with van der Waals surface area (Å²) in [4.78, 5) is 0. The Labute approximate surface area is 88.3 Å². The number of nitrogens with one attached hydrogen (secondary N) is 1. The normalized spacial score (nSPS) is 10.3. The van der Waals surface area contributed by atoms with E-state index in [-0.39, 0.29) is 0 Å². The molecule has 0 aromatic carbocycles. The summed E-state index contributed by atoms with van der Waals surface area (Å²) in [6.45, 7) is 4.77. The lowest BCUT2D eigenvalue weighted by molar-refractivity contribution is 0.545. The van der Waals surface area contributed by atoms with Crippen LogP contribution in [0.15, 0.2) is 28.7 Å². The van der Waals surface area contributed by atoms with Crippen molar-refractivity contribution in [3.63, 3.8) is 0 Å². The average Bonchev–Trinajstić information content (AvgIpc) is 2.67. The lowest BCUT2D eigenvalue weighted by atomic mass is 10.3. The molecule has 0 radical (unpaired) electrons. The smallest absolute Gasteiger partial charge is 0.154 e. The number of anilines is 1. The summed E-state index contributed by atoms with van der Waals surface area (Å²) in [5.41, 5.74) is 0.754. The number of aryl methyl sites for hydroxylation is 1. The highest BCUT2D eigenvalue weighted by molar-refractivity contribution is 5.53. The van der Waals surface area contributed by atoms with E-state index < -0.39 is 0 Å². The summed E-state index contributed by atoms with van der Waals surface area (Å²) >= 11 is 0. The van der Waals surface area contributed by atoms with Gasteiger partial charge in [-0.2, -0.15) is 0 Å². The highest BCUT2D eigenvalue weighted by Crippen LogP contribution is 2.19. The van der Waals surface area contributed by atoms with E-state index in [9.17, 15) is 0 Å². The summed E-state index contributed by atoms with van der Waals surface area (Å²) in [6, 6.07) is 7.59. The van der Waals surface area contributed by atoms with Crippen molar-refractivity contribution in [1.29, 1.82) is 0 Å². The second kappa shape index (κ2) is 4.13. The molecule has 2 aromatic heterocycles. The number of aromatic nitrogens is 2. The Morgan fingerprint density at radius 2 is 2.07 bits per heavy atom. The molecule has 0 saturated carbocycles. The van der Waals surface area contributed by atoms with Gasteiger partial charge in [0.05, 0.1) is 0 Å². The fraction of sp³-hybridized carbons (Fsp3) is 0.273. The lowest BCUT2D eigenvalue weighted by Crippen LogP contribution is -2.00. The molecule has 78 valence electrons. The Morgan fingerprint density at radius 3 is 2.60 bits per heavy atom. The van der Waals surface area contributed by atoms with E-state index >= 15 is 0 Å². The van der Waals surface area contributed by atoms with Crippen LogP contribution < -0.4 is 5.32 Å². The molecular formula is C11H13N3O. The van der Waals surface area contributed by atoms with Crippen molar-refractivity contribution in [3.8, 4) is 11.5 Å². The van der Waals surface area contributed by atoms with Crippen LogP contribution in [0, 0.1) is 6.92 Å². The van der Waals surface area contributed by atoms with E-state index in [0.717, 1.165) is 29.6 Å². The summed E-state index contributed by atoms with van der Waals surface area (Å²) in [5.74, 6) is 2.41. The van der Waals surface area contributed by atoms with Crippen molar-refractivity contribution in [2.24, 2.45) is 0 Å². The van der Waals surface area contributed by atoms with Crippen LogP contribution in [0.25, 0.3) is 11.5 Å². The molecule has 2 rings (SSSR count). The average molecular weight is 203 g/mol. The van der Waals surface area contributed by atoms with Crippen LogP contribution in [-0.4, -0.2) is 16.7 Å². The highest BCUT2D eigenvalue weighted by Gasteiger charge is 2.04. The standard InChI is InChI=1S/C11H13N3O/c1-3-12-11-7-5-9(13-14-11)10-6-4-8(2)15-10/h4-7H,3H2,1-2H3,(H,12,14). The molecule has 0 aliphatic heterocycles. The molecule has 15 heavy (non-hydrogen) atoms.